The van der Waals surface area contributed by atoms with E-state index in [1.165, 1.54) is 19.0 Å². The minimum atomic E-state index is -4.07. The lowest BCUT2D eigenvalue weighted by Gasteiger charge is -2.35. The second kappa shape index (κ2) is 15.5. The SMILES string of the molecule is CCCCNC(=O)[C@@H](Cc1ccccc1)N(Cc1cccc(OC)c1)C(=O)CN(c1cc(C)ccc1C)S(=O)(=O)N(C)C. The third-order valence-electron chi connectivity index (χ3n) is 7.24. The lowest BCUT2D eigenvalue weighted by molar-refractivity contribution is -0.140. The Morgan fingerprint density at radius 3 is 2.28 bits per heavy atom. The Labute approximate surface area is 256 Å². The van der Waals surface area contributed by atoms with Crippen LogP contribution in [-0.4, -0.2) is 69.8 Å². The Kier molecular flexibility index (Phi) is 12.1. The van der Waals surface area contributed by atoms with Crippen LogP contribution in [0.5, 0.6) is 5.75 Å². The maximum absolute atomic E-state index is 14.4. The summed E-state index contributed by atoms with van der Waals surface area (Å²) in [6.45, 7) is 5.80. The number of carbonyl (C=O) groups excluding carboxylic acids is 2. The molecule has 0 unspecified atom stereocenters. The second-order valence-corrected chi connectivity index (χ2v) is 12.9. The van der Waals surface area contributed by atoms with Crippen LogP contribution in [0, 0.1) is 13.8 Å². The fraction of sp³-hybridized carbons (Fsp3) is 0.394. The third kappa shape index (κ3) is 9.05. The number of amides is 2. The molecule has 232 valence electrons. The van der Waals surface area contributed by atoms with Gasteiger partial charge in [-0.2, -0.15) is 12.7 Å². The first-order valence-corrected chi connectivity index (χ1v) is 15.9. The Balaban J connectivity index is 2.12. The lowest BCUT2D eigenvalue weighted by Crippen LogP contribution is -2.54. The summed E-state index contributed by atoms with van der Waals surface area (Å²) >= 11 is 0. The van der Waals surface area contributed by atoms with Gasteiger partial charge in [0.15, 0.2) is 0 Å². The van der Waals surface area contributed by atoms with E-state index in [0.29, 0.717) is 23.5 Å². The highest BCUT2D eigenvalue weighted by molar-refractivity contribution is 7.90. The first-order chi connectivity index (χ1) is 20.5. The molecule has 3 aromatic carbocycles. The van der Waals surface area contributed by atoms with E-state index in [4.69, 9.17) is 4.74 Å². The molecule has 0 aliphatic heterocycles. The molecule has 2 amide bonds. The molecule has 0 fully saturated rings. The first kappa shape index (κ1) is 33.6. The predicted molar refractivity (Wildman–Crippen MR) is 171 cm³/mol. The molecule has 0 saturated carbocycles. The summed E-state index contributed by atoms with van der Waals surface area (Å²) in [7, 11) is 0.370. The van der Waals surface area contributed by atoms with Gasteiger partial charge in [-0.1, -0.05) is 67.9 Å². The number of carbonyl (C=O) groups is 2. The summed E-state index contributed by atoms with van der Waals surface area (Å²) in [5.74, 6) is -0.174. The average molecular weight is 609 g/mol. The van der Waals surface area contributed by atoms with Crippen LogP contribution in [-0.2, 0) is 32.8 Å². The van der Waals surface area contributed by atoms with E-state index < -0.39 is 28.7 Å². The van der Waals surface area contributed by atoms with Crippen LogP contribution in [0.2, 0.25) is 0 Å². The van der Waals surface area contributed by atoms with Crippen LogP contribution >= 0.6 is 0 Å². The molecule has 0 saturated heterocycles. The number of benzene rings is 3. The topological polar surface area (TPSA) is 99.3 Å². The van der Waals surface area contributed by atoms with Crippen LogP contribution in [0.4, 0.5) is 5.69 Å². The van der Waals surface area contributed by atoms with Crippen molar-refractivity contribution in [2.24, 2.45) is 0 Å². The number of nitrogens with zero attached hydrogens (tertiary/aromatic N) is 3. The number of nitrogens with one attached hydrogen (secondary N) is 1. The van der Waals surface area contributed by atoms with Gasteiger partial charge in [-0.15, -0.1) is 0 Å². The van der Waals surface area contributed by atoms with Crippen molar-refractivity contribution in [3.8, 4) is 5.75 Å². The van der Waals surface area contributed by atoms with Gasteiger partial charge in [0.1, 0.15) is 18.3 Å². The minimum absolute atomic E-state index is 0.0807. The number of hydrogen-bond acceptors (Lipinski definition) is 5. The number of rotatable bonds is 15. The normalized spacial score (nSPS) is 12.1. The van der Waals surface area contributed by atoms with Crippen LogP contribution in [0.1, 0.15) is 42.0 Å². The summed E-state index contributed by atoms with van der Waals surface area (Å²) < 4.78 is 34.9. The minimum Gasteiger partial charge on any atom is -0.497 e. The van der Waals surface area contributed by atoms with E-state index in [9.17, 15) is 18.0 Å². The fourth-order valence-corrected chi connectivity index (χ4v) is 5.83. The summed E-state index contributed by atoms with van der Waals surface area (Å²) in [4.78, 5) is 29.7. The predicted octanol–water partition coefficient (Wildman–Crippen LogP) is 4.48. The van der Waals surface area contributed by atoms with E-state index in [1.807, 2.05) is 81.4 Å². The molecule has 1 N–H and O–H groups in total. The van der Waals surface area contributed by atoms with Gasteiger partial charge in [0.05, 0.1) is 12.8 Å². The van der Waals surface area contributed by atoms with Gasteiger partial charge in [0.2, 0.25) is 11.8 Å². The molecule has 10 heteroatoms. The third-order valence-corrected chi connectivity index (χ3v) is 9.05. The van der Waals surface area contributed by atoms with Crippen molar-refractivity contribution < 1.29 is 22.7 Å². The van der Waals surface area contributed by atoms with Gasteiger partial charge >= 0.3 is 10.2 Å². The molecular formula is C33H44N4O5S. The van der Waals surface area contributed by atoms with Crippen LogP contribution in [0.15, 0.2) is 72.8 Å². The van der Waals surface area contributed by atoms with Crippen molar-refractivity contribution in [2.75, 3.05) is 38.6 Å². The van der Waals surface area contributed by atoms with Gasteiger partial charge < -0.3 is 15.0 Å². The van der Waals surface area contributed by atoms with E-state index >= 15 is 0 Å². The fourth-order valence-electron chi connectivity index (χ4n) is 4.72. The number of unbranched alkanes of at least 4 members (excludes halogenated alkanes) is 1. The summed E-state index contributed by atoms with van der Waals surface area (Å²) in [6.07, 6.45) is 1.97. The number of aryl methyl sites for hydroxylation is 2. The molecule has 0 bridgehead atoms. The molecule has 43 heavy (non-hydrogen) atoms. The van der Waals surface area contributed by atoms with E-state index in [1.54, 1.807) is 19.2 Å². The van der Waals surface area contributed by atoms with Gasteiger partial charge in [-0.25, -0.2) is 4.31 Å². The average Bonchev–Trinajstić information content (AvgIpc) is 2.99. The van der Waals surface area contributed by atoms with Crippen molar-refractivity contribution in [2.45, 2.75) is 52.6 Å². The molecular weight excluding hydrogens is 564 g/mol. The van der Waals surface area contributed by atoms with E-state index in [0.717, 1.165) is 38.1 Å². The number of ether oxygens (including phenoxy) is 1. The molecule has 1 atom stereocenters. The largest absolute Gasteiger partial charge is 0.497 e. The highest BCUT2D eigenvalue weighted by atomic mass is 32.2. The Morgan fingerprint density at radius 1 is 0.930 bits per heavy atom. The molecule has 3 aromatic rings. The van der Waals surface area contributed by atoms with Crippen molar-refractivity contribution in [1.82, 2.24) is 14.5 Å². The molecule has 0 aromatic heterocycles. The maximum Gasteiger partial charge on any atom is 0.304 e. The molecule has 0 aliphatic rings. The maximum atomic E-state index is 14.4. The summed E-state index contributed by atoms with van der Waals surface area (Å²) in [5, 5.41) is 3.00. The van der Waals surface area contributed by atoms with Gasteiger partial charge in [-0.05, 0) is 60.7 Å². The van der Waals surface area contributed by atoms with Gasteiger partial charge in [0.25, 0.3) is 0 Å². The second-order valence-electron chi connectivity index (χ2n) is 10.8. The quantitative estimate of drug-likeness (QED) is 0.257. The smallest absolute Gasteiger partial charge is 0.304 e. The van der Waals surface area contributed by atoms with Gasteiger partial charge in [0, 0.05) is 33.6 Å². The van der Waals surface area contributed by atoms with Crippen molar-refractivity contribution >= 4 is 27.7 Å². The van der Waals surface area contributed by atoms with Crippen molar-refractivity contribution in [3.63, 3.8) is 0 Å². The van der Waals surface area contributed by atoms with Crippen molar-refractivity contribution in [1.29, 1.82) is 0 Å². The Morgan fingerprint density at radius 2 is 1.63 bits per heavy atom. The van der Waals surface area contributed by atoms with Crippen LogP contribution in [0.25, 0.3) is 0 Å². The number of anilines is 1. The lowest BCUT2D eigenvalue weighted by atomic mass is 10.0. The zero-order chi connectivity index (χ0) is 31.6. The first-order valence-electron chi connectivity index (χ1n) is 14.5. The molecule has 0 spiro atoms. The summed E-state index contributed by atoms with van der Waals surface area (Å²) in [6, 6.07) is 21.4. The molecule has 0 radical (unpaired) electrons. The molecule has 9 nitrogen and oxygen atoms in total. The summed E-state index contributed by atoms with van der Waals surface area (Å²) in [5.41, 5.74) is 3.61. The highest BCUT2D eigenvalue weighted by Crippen LogP contribution is 2.26. The molecule has 0 heterocycles. The Bertz CT molecular complexity index is 1480. The monoisotopic (exact) mass is 608 g/mol. The number of hydrogen-bond donors (Lipinski definition) is 1. The number of methoxy groups -OCH3 is 1. The van der Waals surface area contributed by atoms with E-state index in [2.05, 4.69) is 5.32 Å². The van der Waals surface area contributed by atoms with Gasteiger partial charge in [-0.3, -0.25) is 9.59 Å². The van der Waals surface area contributed by atoms with Crippen LogP contribution < -0.4 is 14.4 Å². The highest BCUT2D eigenvalue weighted by Gasteiger charge is 2.35. The zero-order valence-electron chi connectivity index (χ0n) is 26.0. The molecule has 0 aliphatic carbocycles. The zero-order valence-corrected chi connectivity index (χ0v) is 26.9. The van der Waals surface area contributed by atoms with E-state index in [-0.39, 0.29) is 18.9 Å². The molecule has 3 rings (SSSR count). The Hall–Kier alpha value is -3.89. The van der Waals surface area contributed by atoms with Crippen molar-refractivity contribution in [3.05, 3.63) is 95.1 Å². The van der Waals surface area contributed by atoms with Crippen LogP contribution in [0.3, 0.4) is 0 Å². The standard InChI is InChI=1S/C33H44N4O5S/c1-7-8-19-34-33(39)31(22-27-13-10-9-11-14-27)36(23-28-15-12-16-29(21-28)42-6)32(38)24-37(43(40,41)35(4)5)30-20-25(2)17-18-26(30)3/h9-18,20-21,31H,7-8,19,22-24H2,1-6H3,(H,34,39)/t31-/m1/s1.